The fourth-order valence-corrected chi connectivity index (χ4v) is 3.87. The number of carbonyl (C=O) groups excluding carboxylic acids is 1. The molecule has 3 nitrogen and oxygen atoms in total. The molecule has 0 aromatic heterocycles. The number of carbonyl (C=O) groups is 1. The molecule has 106 valence electrons. The topological polar surface area (TPSA) is 32.3 Å². The van der Waals surface area contributed by atoms with Crippen LogP contribution in [0.5, 0.6) is 0 Å². The van der Waals surface area contributed by atoms with E-state index in [1.54, 1.807) is 0 Å². The number of amides is 1. The summed E-state index contributed by atoms with van der Waals surface area (Å²) in [6, 6.07) is 0. The number of hydrogen-bond acceptors (Lipinski definition) is 2. The van der Waals surface area contributed by atoms with Crippen molar-refractivity contribution in [3.8, 4) is 0 Å². The number of likely N-dealkylation sites (tertiary alicyclic amines) is 1. The van der Waals surface area contributed by atoms with E-state index in [1.165, 1.54) is 51.7 Å². The second-order valence-corrected chi connectivity index (χ2v) is 6.73. The van der Waals surface area contributed by atoms with Gasteiger partial charge in [-0.05, 0) is 62.9 Å². The van der Waals surface area contributed by atoms with E-state index in [0.717, 1.165) is 25.3 Å². The Morgan fingerprint density at radius 3 is 2.74 bits per heavy atom. The van der Waals surface area contributed by atoms with Crippen LogP contribution in [0.25, 0.3) is 0 Å². The monoisotopic (exact) mass is 262 g/mol. The Morgan fingerprint density at radius 1 is 1.26 bits per heavy atom. The molecule has 1 N–H and O–H groups in total. The number of rotatable bonds is 2. The van der Waals surface area contributed by atoms with E-state index in [-0.39, 0.29) is 5.91 Å². The van der Waals surface area contributed by atoms with Gasteiger partial charge in [0.15, 0.2) is 0 Å². The molecule has 2 saturated heterocycles. The summed E-state index contributed by atoms with van der Waals surface area (Å²) in [6.07, 6.45) is 13.0. The summed E-state index contributed by atoms with van der Waals surface area (Å²) in [5.74, 6) is 1.13. The van der Waals surface area contributed by atoms with Crippen LogP contribution in [0.2, 0.25) is 0 Å². The summed E-state index contributed by atoms with van der Waals surface area (Å²) in [4.78, 5) is 13.9. The molecular weight excluding hydrogens is 236 g/mol. The molecule has 0 aromatic rings. The zero-order valence-corrected chi connectivity index (χ0v) is 11.9. The van der Waals surface area contributed by atoms with Crippen molar-refractivity contribution in [1.29, 1.82) is 0 Å². The first-order valence-corrected chi connectivity index (χ1v) is 7.90. The highest BCUT2D eigenvalue weighted by Crippen LogP contribution is 2.38. The molecule has 2 heterocycles. The van der Waals surface area contributed by atoms with Crippen LogP contribution in [0.15, 0.2) is 12.2 Å². The molecule has 0 radical (unpaired) electrons. The summed E-state index contributed by atoms with van der Waals surface area (Å²) >= 11 is 0. The quantitative estimate of drug-likeness (QED) is 0.775. The van der Waals surface area contributed by atoms with Crippen LogP contribution >= 0.6 is 0 Å². The predicted octanol–water partition coefficient (Wildman–Crippen LogP) is 2.33. The lowest BCUT2D eigenvalue weighted by Crippen LogP contribution is -2.50. The fraction of sp³-hybridized carbons (Fsp3) is 0.812. The minimum absolute atomic E-state index is 0.252. The van der Waals surface area contributed by atoms with Crippen molar-refractivity contribution in [2.24, 2.45) is 11.3 Å². The average molecular weight is 262 g/mol. The smallest absolute Gasteiger partial charge is 0.220 e. The van der Waals surface area contributed by atoms with Crippen LogP contribution in [0.3, 0.4) is 0 Å². The van der Waals surface area contributed by atoms with E-state index in [1.807, 2.05) is 0 Å². The average Bonchev–Trinajstić information content (AvgIpc) is 2.46. The lowest BCUT2D eigenvalue weighted by atomic mass is 9.73. The van der Waals surface area contributed by atoms with Gasteiger partial charge in [0.25, 0.3) is 0 Å². The first kappa shape index (κ1) is 13.2. The van der Waals surface area contributed by atoms with Crippen molar-refractivity contribution in [2.75, 3.05) is 26.2 Å². The lowest BCUT2D eigenvalue weighted by Gasteiger charge is -2.44. The maximum absolute atomic E-state index is 11.3. The van der Waals surface area contributed by atoms with Crippen LogP contribution in [-0.4, -0.2) is 37.0 Å². The molecule has 0 bridgehead atoms. The maximum atomic E-state index is 11.3. The molecule has 1 spiro atoms. The molecule has 2 fully saturated rings. The van der Waals surface area contributed by atoms with Crippen LogP contribution in [0.4, 0.5) is 0 Å². The van der Waals surface area contributed by atoms with Crippen LogP contribution in [-0.2, 0) is 4.79 Å². The van der Waals surface area contributed by atoms with Gasteiger partial charge in [0.05, 0.1) is 0 Å². The molecule has 0 saturated carbocycles. The highest BCUT2D eigenvalue weighted by atomic mass is 16.1. The largest absolute Gasteiger partial charge is 0.356 e. The minimum atomic E-state index is 0.252. The van der Waals surface area contributed by atoms with Gasteiger partial charge in [0.2, 0.25) is 5.91 Å². The van der Waals surface area contributed by atoms with E-state index in [4.69, 9.17) is 0 Å². The number of allylic oxidation sites excluding steroid dienone is 2. The third-order valence-electron chi connectivity index (χ3n) is 5.35. The molecule has 1 aliphatic carbocycles. The van der Waals surface area contributed by atoms with Gasteiger partial charge in [-0.25, -0.2) is 0 Å². The van der Waals surface area contributed by atoms with Gasteiger partial charge in [0, 0.05) is 19.5 Å². The highest BCUT2D eigenvalue weighted by Gasteiger charge is 2.37. The zero-order chi connectivity index (χ0) is 13.1. The van der Waals surface area contributed by atoms with Crippen molar-refractivity contribution < 1.29 is 4.79 Å². The SMILES string of the molecule is O=C1CCC2(CCN(C[C@H]3CC=CCC3)CC2)CN1. The van der Waals surface area contributed by atoms with E-state index < -0.39 is 0 Å². The lowest BCUT2D eigenvalue weighted by molar-refractivity contribution is -0.125. The van der Waals surface area contributed by atoms with E-state index >= 15 is 0 Å². The Morgan fingerprint density at radius 2 is 2.11 bits per heavy atom. The molecule has 3 rings (SSSR count). The number of hydrogen-bond donors (Lipinski definition) is 1. The Kier molecular flexibility index (Phi) is 3.92. The normalized spacial score (nSPS) is 31.4. The Bertz CT molecular complexity index is 344. The number of nitrogens with zero attached hydrogens (tertiary/aromatic N) is 1. The molecular formula is C16H26N2O. The molecule has 19 heavy (non-hydrogen) atoms. The third-order valence-corrected chi connectivity index (χ3v) is 5.35. The zero-order valence-electron chi connectivity index (χ0n) is 11.9. The number of piperidine rings is 2. The van der Waals surface area contributed by atoms with E-state index in [0.29, 0.717) is 5.41 Å². The van der Waals surface area contributed by atoms with Gasteiger partial charge in [-0.15, -0.1) is 0 Å². The van der Waals surface area contributed by atoms with Crippen LogP contribution in [0.1, 0.15) is 44.9 Å². The fourth-order valence-electron chi connectivity index (χ4n) is 3.87. The van der Waals surface area contributed by atoms with Crippen molar-refractivity contribution >= 4 is 5.91 Å². The van der Waals surface area contributed by atoms with Crippen molar-refractivity contribution in [1.82, 2.24) is 10.2 Å². The van der Waals surface area contributed by atoms with Gasteiger partial charge >= 0.3 is 0 Å². The molecule has 3 heteroatoms. The van der Waals surface area contributed by atoms with Crippen LogP contribution in [0, 0.1) is 11.3 Å². The van der Waals surface area contributed by atoms with Gasteiger partial charge in [-0.3, -0.25) is 4.79 Å². The molecule has 0 unspecified atom stereocenters. The second-order valence-electron chi connectivity index (χ2n) is 6.73. The Balaban J connectivity index is 1.46. The second kappa shape index (κ2) is 5.66. The number of nitrogens with one attached hydrogen (secondary N) is 1. The molecule has 1 atom stereocenters. The standard InChI is InChI=1S/C16H26N2O/c19-15-6-7-16(13-17-15)8-10-18(11-9-16)12-14-4-2-1-3-5-14/h1-2,14H,3-13H2,(H,17,19)/t14-/m0/s1. The first-order chi connectivity index (χ1) is 9.26. The van der Waals surface area contributed by atoms with Crippen molar-refractivity contribution in [3.05, 3.63) is 12.2 Å². The molecule has 1 amide bonds. The maximum Gasteiger partial charge on any atom is 0.220 e. The van der Waals surface area contributed by atoms with Crippen LogP contribution < -0.4 is 5.32 Å². The molecule has 0 aromatic carbocycles. The van der Waals surface area contributed by atoms with Gasteiger partial charge < -0.3 is 10.2 Å². The summed E-state index contributed by atoms with van der Waals surface area (Å²) < 4.78 is 0. The molecule has 3 aliphatic rings. The van der Waals surface area contributed by atoms with E-state index in [9.17, 15) is 4.79 Å². The van der Waals surface area contributed by atoms with Gasteiger partial charge in [-0.2, -0.15) is 0 Å². The summed E-state index contributed by atoms with van der Waals surface area (Å²) in [7, 11) is 0. The Hall–Kier alpha value is -0.830. The van der Waals surface area contributed by atoms with E-state index in [2.05, 4.69) is 22.4 Å². The summed E-state index contributed by atoms with van der Waals surface area (Å²) in [6.45, 7) is 4.67. The van der Waals surface area contributed by atoms with Crippen molar-refractivity contribution in [2.45, 2.75) is 44.9 Å². The van der Waals surface area contributed by atoms with Gasteiger partial charge in [0.1, 0.15) is 0 Å². The molecule has 2 aliphatic heterocycles. The summed E-state index contributed by atoms with van der Waals surface area (Å²) in [5.41, 5.74) is 0.427. The summed E-state index contributed by atoms with van der Waals surface area (Å²) in [5, 5.41) is 3.07. The third kappa shape index (κ3) is 3.19. The highest BCUT2D eigenvalue weighted by molar-refractivity contribution is 5.76. The minimum Gasteiger partial charge on any atom is -0.356 e. The first-order valence-electron chi connectivity index (χ1n) is 7.90. The Labute approximate surface area is 116 Å². The predicted molar refractivity (Wildman–Crippen MR) is 76.8 cm³/mol. The van der Waals surface area contributed by atoms with Gasteiger partial charge in [-0.1, -0.05) is 12.2 Å². The van der Waals surface area contributed by atoms with Crippen molar-refractivity contribution in [3.63, 3.8) is 0 Å².